The minimum Gasteiger partial charge on any atom is -0.472 e. The fourth-order valence-electron chi connectivity index (χ4n) is 3.70. The van der Waals surface area contributed by atoms with Gasteiger partial charge in [-0.15, -0.1) is 11.3 Å². The summed E-state index contributed by atoms with van der Waals surface area (Å²) in [4.78, 5) is 23.9. The van der Waals surface area contributed by atoms with Crippen LogP contribution in [0.3, 0.4) is 0 Å². The van der Waals surface area contributed by atoms with Gasteiger partial charge in [-0.2, -0.15) is 4.98 Å². The van der Waals surface area contributed by atoms with Crippen molar-refractivity contribution in [1.82, 2.24) is 19.4 Å². The number of pyridine rings is 1. The van der Waals surface area contributed by atoms with Gasteiger partial charge in [0.05, 0.1) is 17.4 Å². The molecule has 1 aliphatic rings. The van der Waals surface area contributed by atoms with Crippen molar-refractivity contribution in [2.45, 2.75) is 39.8 Å². The van der Waals surface area contributed by atoms with Crippen molar-refractivity contribution in [3.63, 3.8) is 0 Å². The van der Waals surface area contributed by atoms with E-state index in [9.17, 15) is 4.79 Å². The fraction of sp³-hybridized carbons (Fsp3) is 0.409. The van der Waals surface area contributed by atoms with E-state index in [1.54, 1.807) is 16.2 Å². The first kappa shape index (κ1) is 20.4. The molecule has 0 aromatic carbocycles. The molecule has 158 valence electrons. The maximum atomic E-state index is 11.9. The number of hydrogen-bond donors (Lipinski definition) is 1. The second-order valence-electron chi connectivity index (χ2n) is 8.03. The Bertz CT molecular complexity index is 1070. The van der Waals surface area contributed by atoms with E-state index < -0.39 is 0 Å². The highest BCUT2D eigenvalue weighted by Crippen LogP contribution is 2.32. The van der Waals surface area contributed by atoms with Crippen molar-refractivity contribution in [3.05, 3.63) is 42.1 Å². The van der Waals surface area contributed by atoms with Gasteiger partial charge in [-0.05, 0) is 25.0 Å². The van der Waals surface area contributed by atoms with E-state index in [0.717, 1.165) is 33.9 Å². The summed E-state index contributed by atoms with van der Waals surface area (Å²) in [5, 5.41) is 5.09. The molecule has 8 heteroatoms. The molecule has 1 amide bonds. The molecule has 0 saturated carbocycles. The number of nitrogens with one attached hydrogen (secondary N) is 1. The number of carbonyl (C=O) groups excluding carboxylic acids is 1. The van der Waals surface area contributed by atoms with Crippen molar-refractivity contribution in [3.8, 4) is 5.88 Å². The summed E-state index contributed by atoms with van der Waals surface area (Å²) < 4.78 is 8.54. The first-order valence-electron chi connectivity index (χ1n) is 10.2. The third-order valence-corrected chi connectivity index (χ3v) is 5.89. The van der Waals surface area contributed by atoms with Gasteiger partial charge in [0.1, 0.15) is 11.9 Å². The summed E-state index contributed by atoms with van der Waals surface area (Å²) in [5.41, 5.74) is 1.07. The Morgan fingerprint density at radius 2 is 2.33 bits per heavy atom. The normalized spacial score (nSPS) is 16.4. The number of amides is 1. The largest absolute Gasteiger partial charge is 0.472 e. The van der Waals surface area contributed by atoms with Gasteiger partial charge in [0.2, 0.25) is 11.8 Å². The number of ether oxygens (including phenoxy) is 1. The average molecular weight is 426 g/mol. The molecule has 1 aliphatic heterocycles. The molecular formula is C22H27N5O2S. The van der Waals surface area contributed by atoms with Gasteiger partial charge in [-0.25, -0.2) is 4.98 Å². The lowest BCUT2D eigenvalue weighted by atomic mass is 10.2. The molecule has 4 rings (SSSR count). The van der Waals surface area contributed by atoms with Crippen LogP contribution in [0, 0.1) is 12.8 Å². The highest BCUT2D eigenvalue weighted by atomic mass is 32.1. The number of aromatic nitrogens is 3. The molecule has 30 heavy (non-hydrogen) atoms. The zero-order chi connectivity index (χ0) is 21.3. The van der Waals surface area contributed by atoms with Crippen LogP contribution >= 0.6 is 11.3 Å². The molecule has 1 atom stereocenters. The van der Waals surface area contributed by atoms with Gasteiger partial charge in [0.25, 0.3) is 0 Å². The number of carbonyl (C=O) groups is 1. The molecule has 0 spiro atoms. The lowest BCUT2D eigenvalue weighted by Crippen LogP contribution is -2.29. The number of anilines is 2. The Kier molecular flexibility index (Phi) is 5.76. The number of aryl methyl sites for hydroxylation is 1. The molecule has 0 bridgehead atoms. The summed E-state index contributed by atoms with van der Waals surface area (Å²) in [6.07, 6.45) is 5.97. The number of nitrogens with zero attached hydrogens (tertiary/aromatic N) is 4. The van der Waals surface area contributed by atoms with E-state index in [2.05, 4.69) is 47.6 Å². The van der Waals surface area contributed by atoms with Crippen molar-refractivity contribution in [2.24, 2.45) is 5.92 Å². The van der Waals surface area contributed by atoms with E-state index in [4.69, 9.17) is 9.72 Å². The van der Waals surface area contributed by atoms with Crippen molar-refractivity contribution < 1.29 is 9.53 Å². The minimum atomic E-state index is -0.0876. The van der Waals surface area contributed by atoms with Crippen LogP contribution in [0.4, 0.5) is 10.9 Å². The Morgan fingerprint density at radius 1 is 1.50 bits per heavy atom. The van der Waals surface area contributed by atoms with Crippen LogP contribution in [0.5, 0.6) is 5.88 Å². The molecule has 0 radical (unpaired) electrons. The van der Waals surface area contributed by atoms with E-state index >= 15 is 0 Å². The first-order valence-corrected chi connectivity index (χ1v) is 11.0. The molecule has 3 aromatic rings. The van der Waals surface area contributed by atoms with Gasteiger partial charge >= 0.3 is 0 Å². The molecule has 0 unspecified atom stereocenters. The Balaban J connectivity index is 1.65. The van der Waals surface area contributed by atoms with Crippen LogP contribution in [0.25, 0.3) is 10.9 Å². The molecule has 1 N–H and O–H groups in total. The Hall–Kier alpha value is -2.87. The van der Waals surface area contributed by atoms with Gasteiger partial charge in [-0.1, -0.05) is 20.4 Å². The van der Waals surface area contributed by atoms with Gasteiger partial charge < -0.3 is 19.5 Å². The van der Waals surface area contributed by atoms with Gasteiger partial charge in [0.15, 0.2) is 5.13 Å². The molecule has 0 aliphatic carbocycles. The van der Waals surface area contributed by atoms with Crippen LogP contribution in [-0.2, 0) is 11.3 Å². The van der Waals surface area contributed by atoms with Crippen molar-refractivity contribution in [1.29, 1.82) is 0 Å². The molecule has 1 fully saturated rings. The standard InChI is InChI=1S/C22H27N5O2S/c1-5-20(28)27-8-6-16(13-27)29-21-17-7-9-26(12-14(2)3)18(17)10-19(24-21)25-22-23-11-15(4)30-22/h5,7,9-11,14,16H,1,6,8,12-13H2,2-4H3,(H,23,24,25)/t16-/m1/s1. The van der Waals surface area contributed by atoms with E-state index in [-0.39, 0.29) is 12.0 Å². The van der Waals surface area contributed by atoms with Crippen LogP contribution in [0.2, 0.25) is 0 Å². The van der Waals surface area contributed by atoms with Crippen molar-refractivity contribution in [2.75, 3.05) is 18.4 Å². The topological polar surface area (TPSA) is 72.3 Å². The third-order valence-electron chi connectivity index (χ3n) is 5.06. The minimum absolute atomic E-state index is 0.0585. The Labute approximate surface area is 180 Å². The number of hydrogen-bond acceptors (Lipinski definition) is 6. The second kappa shape index (κ2) is 8.47. The summed E-state index contributed by atoms with van der Waals surface area (Å²) in [6.45, 7) is 12.1. The predicted octanol–water partition coefficient (Wildman–Crippen LogP) is 4.37. The number of likely N-dealkylation sites (tertiary alicyclic amines) is 1. The lowest BCUT2D eigenvalue weighted by molar-refractivity contribution is -0.125. The summed E-state index contributed by atoms with van der Waals surface area (Å²) in [7, 11) is 0. The Morgan fingerprint density at radius 3 is 3.03 bits per heavy atom. The maximum absolute atomic E-state index is 11.9. The van der Waals surface area contributed by atoms with Gasteiger partial charge in [0, 0.05) is 42.8 Å². The second-order valence-corrected chi connectivity index (χ2v) is 9.26. The van der Waals surface area contributed by atoms with Crippen molar-refractivity contribution >= 4 is 39.1 Å². The maximum Gasteiger partial charge on any atom is 0.246 e. The van der Waals surface area contributed by atoms with Crippen LogP contribution in [-0.4, -0.2) is 44.5 Å². The van der Waals surface area contributed by atoms with Gasteiger partial charge in [-0.3, -0.25) is 4.79 Å². The smallest absolute Gasteiger partial charge is 0.246 e. The fourth-order valence-corrected chi connectivity index (χ4v) is 4.37. The summed E-state index contributed by atoms with van der Waals surface area (Å²) in [6, 6.07) is 4.10. The lowest BCUT2D eigenvalue weighted by Gasteiger charge is -2.17. The monoisotopic (exact) mass is 425 g/mol. The quantitative estimate of drug-likeness (QED) is 0.569. The molecular weight excluding hydrogens is 398 g/mol. The highest BCUT2D eigenvalue weighted by molar-refractivity contribution is 7.15. The first-order chi connectivity index (χ1) is 14.4. The van der Waals surface area contributed by atoms with Crippen LogP contribution in [0.15, 0.2) is 37.2 Å². The molecule has 3 aromatic heterocycles. The molecule has 4 heterocycles. The number of rotatable bonds is 7. The van der Waals surface area contributed by atoms with E-state index in [1.165, 1.54) is 6.08 Å². The zero-order valence-corrected chi connectivity index (χ0v) is 18.4. The van der Waals surface area contributed by atoms with Crippen LogP contribution < -0.4 is 10.1 Å². The summed E-state index contributed by atoms with van der Waals surface area (Å²) >= 11 is 1.59. The SMILES string of the molecule is C=CC(=O)N1CC[C@@H](Oc2nc(Nc3ncc(C)s3)cc3c2ccn3CC(C)C)C1. The number of fused-ring (bicyclic) bond motifs is 1. The predicted molar refractivity (Wildman–Crippen MR) is 121 cm³/mol. The molecule has 1 saturated heterocycles. The van der Waals surface area contributed by atoms with Crippen LogP contribution in [0.1, 0.15) is 25.1 Å². The molecule has 7 nitrogen and oxygen atoms in total. The number of thiazole rings is 1. The highest BCUT2D eigenvalue weighted by Gasteiger charge is 2.27. The average Bonchev–Trinajstić information content (AvgIpc) is 3.42. The third kappa shape index (κ3) is 4.33. The zero-order valence-electron chi connectivity index (χ0n) is 17.6. The van der Waals surface area contributed by atoms with E-state index in [0.29, 0.717) is 30.7 Å². The summed E-state index contributed by atoms with van der Waals surface area (Å²) in [5.74, 6) is 1.75. The van der Waals surface area contributed by atoms with E-state index in [1.807, 2.05) is 19.2 Å².